The number of halogens is 2. The van der Waals surface area contributed by atoms with Crippen LogP contribution in [0.15, 0.2) is 18.2 Å². The molecule has 17 heavy (non-hydrogen) atoms. The Morgan fingerprint density at radius 2 is 2.24 bits per heavy atom. The lowest BCUT2D eigenvalue weighted by atomic mass is 10.2. The SMILES string of the molecule is CC(Cl)CCN(C)C(=O)c1ccc(I)c(O)c1. The zero-order valence-electron chi connectivity index (χ0n) is 9.78. The van der Waals surface area contributed by atoms with Crippen LogP contribution in [0.4, 0.5) is 0 Å². The van der Waals surface area contributed by atoms with Gasteiger partial charge in [-0.3, -0.25) is 4.79 Å². The molecule has 0 bridgehead atoms. The van der Waals surface area contributed by atoms with Gasteiger partial charge in [-0.15, -0.1) is 11.6 Å². The summed E-state index contributed by atoms with van der Waals surface area (Å²) in [6, 6.07) is 4.93. The Morgan fingerprint density at radius 3 is 2.76 bits per heavy atom. The molecule has 94 valence electrons. The summed E-state index contributed by atoms with van der Waals surface area (Å²) in [6.07, 6.45) is 0.750. The van der Waals surface area contributed by atoms with Gasteiger partial charge in [0, 0.05) is 24.5 Å². The van der Waals surface area contributed by atoms with Crippen molar-refractivity contribution in [1.82, 2.24) is 4.90 Å². The van der Waals surface area contributed by atoms with Crippen molar-refractivity contribution in [2.75, 3.05) is 13.6 Å². The van der Waals surface area contributed by atoms with Gasteiger partial charge in [-0.2, -0.15) is 0 Å². The molecule has 3 nitrogen and oxygen atoms in total. The van der Waals surface area contributed by atoms with Gasteiger partial charge in [-0.1, -0.05) is 0 Å². The normalized spacial score (nSPS) is 12.2. The summed E-state index contributed by atoms with van der Waals surface area (Å²) >= 11 is 7.85. The van der Waals surface area contributed by atoms with Crippen LogP contribution >= 0.6 is 34.2 Å². The third-order valence-electron chi connectivity index (χ3n) is 2.40. The number of amides is 1. The highest BCUT2D eigenvalue weighted by atomic mass is 127. The maximum atomic E-state index is 12.0. The van der Waals surface area contributed by atoms with Crippen LogP contribution in [0.25, 0.3) is 0 Å². The molecule has 0 aliphatic rings. The monoisotopic (exact) mass is 367 g/mol. The molecule has 1 rings (SSSR count). The van der Waals surface area contributed by atoms with Gasteiger partial charge < -0.3 is 10.0 Å². The molecule has 0 radical (unpaired) electrons. The molecular weight excluding hydrogens is 352 g/mol. The van der Waals surface area contributed by atoms with E-state index in [1.807, 2.05) is 29.5 Å². The average molecular weight is 368 g/mol. The first-order valence-electron chi connectivity index (χ1n) is 5.30. The first-order chi connectivity index (χ1) is 7.91. The van der Waals surface area contributed by atoms with Crippen molar-refractivity contribution < 1.29 is 9.90 Å². The van der Waals surface area contributed by atoms with Gasteiger partial charge in [-0.25, -0.2) is 0 Å². The highest BCUT2D eigenvalue weighted by Gasteiger charge is 2.13. The van der Waals surface area contributed by atoms with E-state index in [0.717, 1.165) is 9.99 Å². The van der Waals surface area contributed by atoms with Crippen molar-refractivity contribution in [3.8, 4) is 5.75 Å². The molecule has 0 aliphatic carbocycles. The van der Waals surface area contributed by atoms with Gasteiger partial charge in [0.05, 0.1) is 3.57 Å². The van der Waals surface area contributed by atoms with E-state index in [1.54, 1.807) is 24.1 Å². The van der Waals surface area contributed by atoms with E-state index in [4.69, 9.17) is 11.6 Å². The molecule has 0 saturated heterocycles. The fraction of sp³-hybridized carbons (Fsp3) is 0.417. The number of benzene rings is 1. The largest absolute Gasteiger partial charge is 0.507 e. The molecule has 0 aromatic heterocycles. The Kier molecular flexibility index (Phi) is 5.52. The van der Waals surface area contributed by atoms with Crippen LogP contribution in [0.3, 0.4) is 0 Å². The molecule has 5 heteroatoms. The van der Waals surface area contributed by atoms with Gasteiger partial charge in [0.1, 0.15) is 5.75 Å². The maximum absolute atomic E-state index is 12.0. The van der Waals surface area contributed by atoms with Crippen molar-refractivity contribution in [3.05, 3.63) is 27.3 Å². The Labute approximate surface area is 120 Å². The highest BCUT2D eigenvalue weighted by molar-refractivity contribution is 14.1. The van der Waals surface area contributed by atoms with Crippen molar-refractivity contribution in [2.24, 2.45) is 0 Å². The molecule has 1 aromatic carbocycles. The summed E-state index contributed by atoms with van der Waals surface area (Å²) < 4.78 is 0.733. The van der Waals surface area contributed by atoms with Crippen LogP contribution in [-0.4, -0.2) is 34.9 Å². The van der Waals surface area contributed by atoms with Crippen LogP contribution < -0.4 is 0 Å². The van der Waals surface area contributed by atoms with E-state index in [1.165, 1.54) is 6.07 Å². The third-order valence-corrected chi connectivity index (χ3v) is 3.53. The Bertz CT molecular complexity index is 409. The second-order valence-electron chi connectivity index (χ2n) is 3.96. The summed E-state index contributed by atoms with van der Waals surface area (Å²) in [5.74, 6) is 0.0320. The molecule has 0 saturated carbocycles. The lowest BCUT2D eigenvalue weighted by Gasteiger charge is -2.18. The van der Waals surface area contributed by atoms with Crippen LogP contribution in [0.5, 0.6) is 5.75 Å². The third kappa shape index (κ3) is 4.35. The first kappa shape index (κ1) is 14.6. The molecule has 0 heterocycles. The Morgan fingerprint density at radius 1 is 1.59 bits per heavy atom. The van der Waals surface area contributed by atoms with E-state index in [9.17, 15) is 9.90 Å². The number of hydrogen-bond acceptors (Lipinski definition) is 2. The Hall–Kier alpha value is -0.490. The number of rotatable bonds is 4. The fourth-order valence-electron chi connectivity index (χ4n) is 1.34. The summed E-state index contributed by atoms with van der Waals surface area (Å²) in [7, 11) is 1.73. The highest BCUT2D eigenvalue weighted by Crippen LogP contribution is 2.21. The molecule has 0 fully saturated rings. The number of hydrogen-bond donors (Lipinski definition) is 1. The molecule has 1 atom stereocenters. The maximum Gasteiger partial charge on any atom is 0.253 e. The fourth-order valence-corrected chi connectivity index (χ4v) is 1.77. The van der Waals surface area contributed by atoms with Crippen molar-refractivity contribution in [2.45, 2.75) is 18.7 Å². The molecule has 0 spiro atoms. The Balaban J connectivity index is 2.71. The molecule has 1 amide bonds. The van der Waals surface area contributed by atoms with Crippen LogP contribution in [-0.2, 0) is 0 Å². The predicted molar refractivity (Wildman–Crippen MR) is 77.7 cm³/mol. The van der Waals surface area contributed by atoms with Crippen molar-refractivity contribution in [1.29, 1.82) is 0 Å². The second-order valence-corrected chi connectivity index (χ2v) is 5.87. The topological polar surface area (TPSA) is 40.5 Å². The van der Waals surface area contributed by atoms with Crippen LogP contribution in [0.1, 0.15) is 23.7 Å². The summed E-state index contributed by atoms with van der Waals surface area (Å²) in [4.78, 5) is 13.6. The van der Waals surface area contributed by atoms with Crippen LogP contribution in [0.2, 0.25) is 0 Å². The lowest BCUT2D eigenvalue weighted by Crippen LogP contribution is -2.28. The predicted octanol–water partition coefficient (Wildman–Crippen LogP) is 3.09. The summed E-state index contributed by atoms with van der Waals surface area (Å²) in [5, 5.41) is 9.60. The molecular formula is C12H15ClINO2. The van der Waals surface area contributed by atoms with E-state index in [0.29, 0.717) is 12.1 Å². The van der Waals surface area contributed by atoms with E-state index < -0.39 is 0 Å². The minimum Gasteiger partial charge on any atom is -0.507 e. The molecule has 0 aliphatic heterocycles. The van der Waals surface area contributed by atoms with Gasteiger partial charge >= 0.3 is 0 Å². The van der Waals surface area contributed by atoms with E-state index in [-0.39, 0.29) is 17.0 Å². The zero-order valence-corrected chi connectivity index (χ0v) is 12.7. The summed E-state index contributed by atoms with van der Waals surface area (Å²) in [5.41, 5.74) is 0.493. The minimum atomic E-state index is -0.103. The second kappa shape index (κ2) is 6.44. The number of carbonyl (C=O) groups excluding carboxylic acids is 1. The van der Waals surface area contributed by atoms with Crippen molar-refractivity contribution >= 4 is 40.1 Å². The van der Waals surface area contributed by atoms with Gasteiger partial charge in [0.15, 0.2) is 0 Å². The number of alkyl halides is 1. The van der Waals surface area contributed by atoms with Gasteiger partial charge in [0.2, 0.25) is 0 Å². The lowest BCUT2D eigenvalue weighted by molar-refractivity contribution is 0.0793. The average Bonchev–Trinajstić information content (AvgIpc) is 2.28. The number of phenols is 1. The van der Waals surface area contributed by atoms with Gasteiger partial charge in [0.25, 0.3) is 5.91 Å². The molecule has 1 unspecified atom stereocenters. The molecule has 1 aromatic rings. The summed E-state index contributed by atoms with van der Waals surface area (Å²) in [6.45, 7) is 2.51. The minimum absolute atomic E-state index is 0.0513. The van der Waals surface area contributed by atoms with E-state index >= 15 is 0 Å². The van der Waals surface area contributed by atoms with Crippen LogP contribution in [0, 0.1) is 3.57 Å². The van der Waals surface area contributed by atoms with Crippen molar-refractivity contribution in [3.63, 3.8) is 0 Å². The number of aromatic hydroxyl groups is 1. The first-order valence-corrected chi connectivity index (χ1v) is 6.81. The zero-order chi connectivity index (χ0) is 13.0. The van der Waals surface area contributed by atoms with Gasteiger partial charge in [-0.05, 0) is 54.1 Å². The number of phenolic OH excluding ortho intramolecular Hbond substituents is 1. The quantitative estimate of drug-likeness (QED) is 0.656. The van der Waals surface area contributed by atoms with E-state index in [2.05, 4.69) is 0 Å². The number of carbonyl (C=O) groups is 1. The standard InChI is InChI=1S/C12H15ClINO2/c1-8(13)5-6-15(2)12(17)9-3-4-10(14)11(16)7-9/h3-4,7-8,16H,5-6H2,1-2H3. The number of nitrogens with zero attached hydrogens (tertiary/aromatic N) is 1. The smallest absolute Gasteiger partial charge is 0.253 e. The molecule has 1 N–H and O–H groups in total.